The van der Waals surface area contributed by atoms with Crippen molar-refractivity contribution in [1.82, 2.24) is 9.88 Å². The molecule has 5 heterocycles. The number of nitrogens with one attached hydrogen (secondary N) is 1. The third kappa shape index (κ3) is 6.75. The number of unbranched alkanes of at least 4 members (excludes halogenated alkanes) is 2. The molecule has 56 heavy (non-hydrogen) atoms. The molecule has 0 amide bonds. The van der Waals surface area contributed by atoms with Crippen molar-refractivity contribution in [1.29, 1.82) is 0 Å². The highest BCUT2D eigenvalue weighted by molar-refractivity contribution is 5.88. The van der Waals surface area contributed by atoms with Crippen LogP contribution in [0.25, 0.3) is 16.6 Å². The molecule has 0 radical (unpaired) electrons. The maximum Gasteiger partial charge on any atom is 0.164 e. The van der Waals surface area contributed by atoms with Gasteiger partial charge in [0, 0.05) is 46.3 Å². The lowest BCUT2D eigenvalue weighted by atomic mass is 9.57. The van der Waals surface area contributed by atoms with Gasteiger partial charge in [0.15, 0.2) is 11.5 Å². The number of fused-ring (bicyclic) bond motifs is 9. The minimum atomic E-state index is -0.568. The summed E-state index contributed by atoms with van der Waals surface area (Å²) in [7, 11) is 0. The topological polar surface area (TPSA) is 131 Å². The number of aliphatic hydroxyl groups is 2. The number of benzene rings is 3. The Morgan fingerprint density at radius 3 is 2.79 bits per heavy atom. The van der Waals surface area contributed by atoms with Crippen LogP contribution >= 0.6 is 0 Å². The summed E-state index contributed by atoms with van der Waals surface area (Å²) in [5, 5.41) is 39.4. The number of nitrogens with zero attached hydrogens (tertiary/aromatic N) is 1. The number of aryl methyl sites for hydroxylation is 1. The summed E-state index contributed by atoms with van der Waals surface area (Å²) in [5.74, 6) is 1.75. The average molecular weight is 760 g/mol. The number of nitrogens with two attached hydrogens (primary N) is 1. The number of phenolic OH excluding ortho intramolecular Hbond substituents is 1. The van der Waals surface area contributed by atoms with Gasteiger partial charge in [0.2, 0.25) is 0 Å². The minimum Gasteiger partial charge on any atom is -0.504 e. The third-order valence-electron chi connectivity index (χ3n) is 13.6. The first-order valence-electron chi connectivity index (χ1n) is 21.0. The molecule has 296 valence electrons. The van der Waals surface area contributed by atoms with E-state index in [1.165, 1.54) is 16.7 Å². The van der Waals surface area contributed by atoms with Crippen LogP contribution in [0.15, 0.2) is 72.6 Å². The Bertz CT molecular complexity index is 2150. The van der Waals surface area contributed by atoms with E-state index in [1.807, 2.05) is 6.08 Å². The molecule has 9 heteroatoms. The van der Waals surface area contributed by atoms with Crippen molar-refractivity contribution in [2.45, 2.75) is 115 Å². The zero-order valence-corrected chi connectivity index (χ0v) is 32.6. The minimum absolute atomic E-state index is 0.00281. The first-order valence-corrected chi connectivity index (χ1v) is 21.0. The predicted molar refractivity (Wildman–Crippen MR) is 218 cm³/mol. The number of ether oxygens (including phenoxy) is 3. The van der Waals surface area contributed by atoms with Crippen LogP contribution in [0, 0.1) is 11.8 Å². The lowest BCUT2D eigenvalue weighted by Crippen LogP contribution is -2.47. The Kier molecular flexibility index (Phi) is 10.5. The molecule has 6 atom stereocenters. The fraction of sp³-hybridized carbons (Fsp3) is 0.489. The fourth-order valence-corrected chi connectivity index (χ4v) is 10.7. The zero-order valence-electron chi connectivity index (χ0n) is 32.6. The SMILES string of the molecule is CCCCCC1CC(O)C2CCc3c(c(CO)cc(O)c3OCc3cc(C45CCOCC4CCc4ccccc45)cc4cn(cc34)C3=C(C=CC(N)N3)CO1)C2. The van der Waals surface area contributed by atoms with Gasteiger partial charge in [0.05, 0.1) is 38.2 Å². The van der Waals surface area contributed by atoms with Crippen molar-refractivity contribution in [2.24, 2.45) is 17.6 Å². The number of aromatic hydroxyl groups is 1. The van der Waals surface area contributed by atoms with Crippen LogP contribution in [-0.2, 0) is 47.4 Å². The molecule has 6 unspecified atom stereocenters. The predicted octanol–water partition coefficient (Wildman–Crippen LogP) is 7.13. The van der Waals surface area contributed by atoms with E-state index in [0.717, 1.165) is 96.8 Å². The van der Waals surface area contributed by atoms with E-state index in [1.54, 1.807) is 6.07 Å². The number of aromatic nitrogens is 1. The molecule has 4 aliphatic heterocycles. The van der Waals surface area contributed by atoms with Gasteiger partial charge in [-0.2, -0.15) is 0 Å². The van der Waals surface area contributed by atoms with Gasteiger partial charge in [-0.05, 0) is 115 Å². The summed E-state index contributed by atoms with van der Waals surface area (Å²) < 4.78 is 21.9. The second kappa shape index (κ2) is 15.7. The van der Waals surface area contributed by atoms with Crippen molar-refractivity contribution in [3.8, 4) is 11.5 Å². The molecule has 1 fully saturated rings. The van der Waals surface area contributed by atoms with Crippen LogP contribution in [0.1, 0.15) is 97.2 Å². The number of dihydropyridines is 1. The lowest BCUT2D eigenvalue weighted by Gasteiger charge is -2.49. The standard InChI is InChI=1S/C47H57N3O6/c1-2-3-4-8-37-22-42(52)30-11-14-38-39(20-30)33(25-51)21-43(53)45(38)56-27-34-19-36(47-16-17-54-28-35(47)13-10-29-7-5-6-9-41(29)47)18-32-23-50(24-40(32)34)46-31(26-55-37)12-15-44(48)49-46/h5-7,9,12,15,18-19,21,23-24,30,35,37,42,44,49,51-53H,2-4,8,10-11,13-14,16-17,20,22,25-28,48H2,1H3. The number of rotatable bonds is 6. The molecule has 1 saturated heterocycles. The van der Waals surface area contributed by atoms with Gasteiger partial charge in [0.1, 0.15) is 12.4 Å². The number of hydrogen-bond donors (Lipinski definition) is 5. The zero-order chi connectivity index (χ0) is 38.4. The Balaban J connectivity index is 1.22. The van der Waals surface area contributed by atoms with Gasteiger partial charge in [-0.1, -0.05) is 62.6 Å². The van der Waals surface area contributed by atoms with Gasteiger partial charge in [-0.25, -0.2) is 0 Å². The Labute approximate surface area is 330 Å². The largest absolute Gasteiger partial charge is 0.504 e. The summed E-state index contributed by atoms with van der Waals surface area (Å²) in [6.07, 6.45) is 17.1. The van der Waals surface area contributed by atoms with Crippen LogP contribution in [0.5, 0.6) is 11.5 Å². The van der Waals surface area contributed by atoms with E-state index in [0.29, 0.717) is 49.7 Å². The summed E-state index contributed by atoms with van der Waals surface area (Å²) >= 11 is 0. The van der Waals surface area contributed by atoms with Crippen molar-refractivity contribution in [3.63, 3.8) is 0 Å². The van der Waals surface area contributed by atoms with Crippen molar-refractivity contribution >= 4 is 16.6 Å². The normalized spacial score (nSPS) is 27.5. The summed E-state index contributed by atoms with van der Waals surface area (Å²) in [5.41, 5.74) is 15.0. The average Bonchev–Trinajstić information content (AvgIpc) is 3.66. The highest BCUT2D eigenvalue weighted by Gasteiger charge is 2.47. The number of phenols is 1. The van der Waals surface area contributed by atoms with Crippen LogP contribution < -0.4 is 15.8 Å². The maximum absolute atomic E-state index is 11.8. The molecule has 6 N–H and O–H groups in total. The third-order valence-corrected chi connectivity index (χ3v) is 13.6. The molecule has 0 spiro atoms. The first kappa shape index (κ1) is 37.5. The summed E-state index contributed by atoms with van der Waals surface area (Å²) in [6.45, 7) is 4.09. The Hall–Kier alpha value is -4.12. The maximum atomic E-state index is 11.8. The van der Waals surface area contributed by atoms with E-state index < -0.39 is 6.10 Å². The molecule has 6 bridgehead atoms. The molecule has 9 nitrogen and oxygen atoms in total. The second-order valence-corrected chi connectivity index (χ2v) is 16.9. The van der Waals surface area contributed by atoms with Crippen LogP contribution in [0.2, 0.25) is 0 Å². The molecule has 0 saturated carbocycles. The van der Waals surface area contributed by atoms with E-state index >= 15 is 0 Å². The highest BCUT2D eigenvalue weighted by atomic mass is 16.5. The van der Waals surface area contributed by atoms with Crippen LogP contribution in [0.4, 0.5) is 0 Å². The van der Waals surface area contributed by atoms with Crippen LogP contribution in [-0.4, -0.2) is 58.1 Å². The van der Waals surface area contributed by atoms with E-state index in [9.17, 15) is 15.3 Å². The number of aliphatic hydroxyl groups excluding tert-OH is 2. The monoisotopic (exact) mass is 759 g/mol. The second-order valence-electron chi connectivity index (χ2n) is 16.9. The summed E-state index contributed by atoms with van der Waals surface area (Å²) in [4.78, 5) is 0. The molecule has 10 rings (SSSR count). The van der Waals surface area contributed by atoms with Crippen molar-refractivity contribution in [3.05, 3.63) is 112 Å². The molecular formula is C47H57N3O6. The molecule has 2 aliphatic carbocycles. The van der Waals surface area contributed by atoms with E-state index in [-0.39, 0.29) is 42.6 Å². The quantitative estimate of drug-likeness (QED) is 0.131. The van der Waals surface area contributed by atoms with Crippen LogP contribution in [0.3, 0.4) is 0 Å². The molecule has 4 aromatic rings. The Morgan fingerprint density at radius 1 is 1.02 bits per heavy atom. The lowest BCUT2D eigenvalue weighted by molar-refractivity contribution is -0.00200. The number of hydrogen-bond acceptors (Lipinski definition) is 8. The van der Waals surface area contributed by atoms with Gasteiger partial charge in [-0.15, -0.1) is 0 Å². The van der Waals surface area contributed by atoms with Gasteiger partial charge in [0.25, 0.3) is 0 Å². The molecule has 1 aromatic heterocycles. The molecule has 3 aromatic carbocycles. The van der Waals surface area contributed by atoms with E-state index in [4.69, 9.17) is 19.9 Å². The van der Waals surface area contributed by atoms with Crippen molar-refractivity contribution < 1.29 is 29.5 Å². The van der Waals surface area contributed by atoms with Gasteiger partial charge < -0.3 is 45.1 Å². The summed E-state index contributed by atoms with van der Waals surface area (Å²) in [6, 6.07) is 15.3. The highest BCUT2D eigenvalue weighted by Crippen LogP contribution is 2.52. The smallest absolute Gasteiger partial charge is 0.164 e. The molecular weight excluding hydrogens is 703 g/mol. The molecule has 6 aliphatic rings. The Morgan fingerprint density at radius 2 is 1.91 bits per heavy atom. The fourth-order valence-electron chi connectivity index (χ4n) is 10.7. The van der Waals surface area contributed by atoms with Gasteiger partial charge in [-0.3, -0.25) is 0 Å². The first-order chi connectivity index (χ1) is 27.4. The van der Waals surface area contributed by atoms with Crippen molar-refractivity contribution in [2.75, 3.05) is 19.8 Å². The van der Waals surface area contributed by atoms with Gasteiger partial charge >= 0.3 is 0 Å². The van der Waals surface area contributed by atoms with E-state index in [2.05, 4.69) is 71.7 Å².